The molecule has 3 heteroatoms. The zero-order valence-electron chi connectivity index (χ0n) is 7.62. The molecule has 14 heavy (non-hydrogen) atoms. The maximum Gasteiger partial charge on any atom is 0.231 e. The zero-order valence-corrected chi connectivity index (χ0v) is 7.62. The van der Waals surface area contributed by atoms with Crippen LogP contribution in [0.25, 0.3) is 0 Å². The first kappa shape index (κ1) is 7.69. The highest BCUT2D eigenvalue weighted by molar-refractivity contribution is 5.55. The fourth-order valence-electron chi connectivity index (χ4n) is 1.87. The highest BCUT2D eigenvalue weighted by Crippen LogP contribution is 2.53. The minimum atomic E-state index is -0.293. The fourth-order valence-corrected chi connectivity index (χ4v) is 1.87. The van der Waals surface area contributed by atoms with Crippen LogP contribution in [0.5, 0.6) is 11.5 Å². The highest BCUT2D eigenvalue weighted by Gasteiger charge is 2.48. The predicted molar refractivity (Wildman–Crippen MR) is 49.1 cm³/mol. The normalized spacial score (nSPS) is 20.2. The summed E-state index contributed by atoms with van der Waals surface area (Å²) in [4.78, 5) is 0. The van der Waals surface area contributed by atoms with Gasteiger partial charge in [0, 0.05) is 5.56 Å². The summed E-state index contributed by atoms with van der Waals surface area (Å²) in [6, 6.07) is 8.12. The molecule has 1 fully saturated rings. The topological polar surface area (TPSA) is 42.2 Å². The molecule has 3 rings (SSSR count). The Balaban J connectivity index is 2.16. The Labute approximate surface area is 81.9 Å². The van der Waals surface area contributed by atoms with Crippen LogP contribution in [0, 0.1) is 11.3 Å². The molecule has 1 aliphatic carbocycles. The molecule has 0 radical (unpaired) electrons. The van der Waals surface area contributed by atoms with Gasteiger partial charge in [-0.2, -0.15) is 5.26 Å². The van der Waals surface area contributed by atoms with E-state index in [1.165, 1.54) is 0 Å². The first-order valence-electron chi connectivity index (χ1n) is 4.66. The summed E-state index contributed by atoms with van der Waals surface area (Å²) in [5, 5.41) is 9.09. The summed E-state index contributed by atoms with van der Waals surface area (Å²) < 4.78 is 10.7. The van der Waals surface area contributed by atoms with Crippen LogP contribution in [0.2, 0.25) is 0 Å². The lowest BCUT2D eigenvalue weighted by atomic mass is 9.96. The minimum absolute atomic E-state index is 0.272. The van der Waals surface area contributed by atoms with Gasteiger partial charge in [-0.25, -0.2) is 0 Å². The van der Waals surface area contributed by atoms with Crippen LogP contribution >= 0.6 is 0 Å². The Hall–Kier alpha value is -1.69. The summed E-state index contributed by atoms with van der Waals surface area (Å²) in [6.45, 7) is 0.272. The van der Waals surface area contributed by atoms with E-state index in [9.17, 15) is 0 Å². The maximum absolute atomic E-state index is 9.09. The number of benzene rings is 1. The summed E-state index contributed by atoms with van der Waals surface area (Å²) in [5.41, 5.74) is 0.703. The number of hydrogen-bond acceptors (Lipinski definition) is 3. The molecule has 0 unspecified atom stereocenters. The molecule has 0 atom stereocenters. The smallest absolute Gasteiger partial charge is 0.231 e. The standard InChI is InChI=1S/C11H9NO2/c12-6-11(4-5-11)8-2-1-3-9-10(8)14-7-13-9/h1-3H,4-5,7H2. The Morgan fingerprint density at radius 1 is 1.29 bits per heavy atom. The fraction of sp³-hybridized carbons (Fsp3) is 0.364. The highest BCUT2D eigenvalue weighted by atomic mass is 16.7. The van der Waals surface area contributed by atoms with Crippen molar-refractivity contribution < 1.29 is 9.47 Å². The van der Waals surface area contributed by atoms with Crippen molar-refractivity contribution in [2.45, 2.75) is 18.3 Å². The van der Waals surface area contributed by atoms with Crippen molar-refractivity contribution in [2.24, 2.45) is 0 Å². The van der Waals surface area contributed by atoms with Gasteiger partial charge in [0.05, 0.1) is 11.5 Å². The number of ether oxygens (including phenoxy) is 2. The Bertz CT molecular complexity index is 429. The van der Waals surface area contributed by atoms with Crippen molar-refractivity contribution >= 4 is 0 Å². The predicted octanol–water partition coefficient (Wildman–Crippen LogP) is 1.97. The third-order valence-electron chi connectivity index (χ3n) is 2.88. The van der Waals surface area contributed by atoms with E-state index in [1.54, 1.807) is 0 Å². The lowest BCUT2D eigenvalue weighted by molar-refractivity contribution is 0.173. The average molecular weight is 187 g/mol. The van der Waals surface area contributed by atoms with Gasteiger partial charge in [0.1, 0.15) is 0 Å². The molecule has 0 N–H and O–H groups in total. The number of nitrogens with zero attached hydrogens (tertiary/aromatic N) is 1. The molecule has 0 aromatic heterocycles. The Kier molecular flexibility index (Phi) is 1.33. The van der Waals surface area contributed by atoms with E-state index in [0.717, 1.165) is 29.9 Å². The van der Waals surface area contributed by atoms with E-state index in [4.69, 9.17) is 14.7 Å². The second-order valence-electron chi connectivity index (χ2n) is 3.73. The van der Waals surface area contributed by atoms with Gasteiger partial charge in [-0.05, 0) is 18.9 Å². The molecule has 0 bridgehead atoms. The van der Waals surface area contributed by atoms with Crippen molar-refractivity contribution in [3.05, 3.63) is 23.8 Å². The zero-order chi connectivity index (χ0) is 9.60. The molecule has 1 aromatic rings. The summed E-state index contributed by atoms with van der Waals surface area (Å²) in [5.74, 6) is 1.54. The van der Waals surface area contributed by atoms with E-state index < -0.39 is 0 Å². The molecule has 0 spiro atoms. The molecule has 1 saturated carbocycles. The quantitative estimate of drug-likeness (QED) is 0.675. The molecule has 0 amide bonds. The van der Waals surface area contributed by atoms with E-state index in [-0.39, 0.29) is 12.2 Å². The monoisotopic (exact) mass is 187 g/mol. The van der Waals surface area contributed by atoms with E-state index in [0.29, 0.717) is 0 Å². The van der Waals surface area contributed by atoms with Gasteiger partial charge in [-0.3, -0.25) is 0 Å². The summed E-state index contributed by atoms with van der Waals surface area (Å²) in [7, 11) is 0. The second kappa shape index (κ2) is 2.42. The molecular formula is C11H9NO2. The third-order valence-corrected chi connectivity index (χ3v) is 2.88. The maximum atomic E-state index is 9.09. The van der Waals surface area contributed by atoms with E-state index in [2.05, 4.69) is 6.07 Å². The average Bonchev–Trinajstić information content (AvgIpc) is 2.87. The molecule has 70 valence electrons. The van der Waals surface area contributed by atoms with Gasteiger partial charge >= 0.3 is 0 Å². The lowest BCUT2D eigenvalue weighted by Crippen LogP contribution is -2.04. The van der Waals surface area contributed by atoms with Crippen LogP contribution in [0.4, 0.5) is 0 Å². The van der Waals surface area contributed by atoms with Crippen LogP contribution in [0.1, 0.15) is 18.4 Å². The molecular weight excluding hydrogens is 178 g/mol. The Morgan fingerprint density at radius 2 is 2.14 bits per heavy atom. The van der Waals surface area contributed by atoms with Crippen LogP contribution in [0.15, 0.2) is 18.2 Å². The van der Waals surface area contributed by atoms with Crippen molar-refractivity contribution in [1.29, 1.82) is 5.26 Å². The van der Waals surface area contributed by atoms with E-state index >= 15 is 0 Å². The van der Waals surface area contributed by atoms with Gasteiger partial charge in [0.25, 0.3) is 0 Å². The Morgan fingerprint density at radius 3 is 2.86 bits per heavy atom. The number of hydrogen-bond donors (Lipinski definition) is 0. The lowest BCUT2D eigenvalue weighted by Gasteiger charge is -2.08. The van der Waals surface area contributed by atoms with Gasteiger partial charge in [-0.1, -0.05) is 12.1 Å². The summed E-state index contributed by atoms with van der Waals surface area (Å²) >= 11 is 0. The molecule has 1 aromatic carbocycles. The first-order valence-corrected chi connectivity index (χ1v) is 4.66. The molecule has 1 heterocycles. The number of fused-ring (bicyclic) bond motifs is 1. The van der Waals surface area contributed by atoms with Crippen molar-refractivity contribution in [1.82, 2.24) is 0 Å². The van der Waals surface area contributed by atoms with Crippen molar-refractivity contribution in [3.63, 3.8) is 0 Å². The van der Waals surface area contributed by atoms with Crippen LogP contribution in [-0.2, 0) is 5.41 Å². The first-order chi connectivity index (χ1) is 6.86. The summed E-state index contributed by atoms with van der Waals surface area (Å²) in [6.07, 6.45) is 1.87. The van der Waals surface area contributed by atoms with Gasteiger partial charge < -0.3 is 9.47 Å². The molecule has 0 saturated heterocycles. The molecule has 3 nitrogen and oxygen atoms in total. The molecule has 1 aliphatic heterocycles. The minimum Gasteiger partial charge on any atom is -0.454 e. The number of rotatable bonds is 1. The van der Waals surface area contributed by atoms with Gasteiger partial charge in [0.2, 0.25) is 6.79 Å². The van der Waals surface area contributed by atoms with Gasteiger partial charge in [-0.15, -0.1) is 0 Å². The van der Waals surface area contributed by atoms with Crippen molar-refractivity contribution in [2.75, 3.05) is 6.79 Å². The van der Waals surface area contributed by atoms with Crippen LogP contribution in [-0.4, -0.2) is 6.79 Å². The third kappa shape index (κ3) is 0.856. The largest absolute Gasteiger partial charge is 0.454 e. The van der Waals surface area contributed by atoms with Gasteiger partial charge in [0.15, 0.2) is 11.5 Å². The number of para-hydroxylation sites is 1. The van der Waals surface area contributed by atoms with Crippen LogP contribution < -0.4 is 9.47 Å². The van der Waals surface area contributed by atoms with Crippen molar-refractivity contribution in [3.8, 4) is 17.6 Å². The van der Waals surface area contributed by atoms with Crippen LogP contribution in [0.3, 0.4) is 0 Å². The SMILES string of the molecule is N#CC1(c2cccc3c2OCO3)CC1. The molecule has 2 aliphatic rings. The second-order valence-corrected chi connectivity index (χ2v) is 3.73. The number of nitriles is 1. The van der Waals surface area contributed by atoms with E-state index in [1.807, 2.05) is 18.2 Å².